The topological polar surface area (TPSA) is 156 Å². The summed E-state index contributed by atoms with van der Waals surface area (Å²) in [6.45, 7) is 5.69. The maximum atomic E-state index is 12.2. The molecule has 1 heterocycles. The van der Waals surface area contributed by atoms with Crippen molar-refractivity contribution in [3.8, 4) is 23.5 Å². The Balaban J connectivity index is 0.000000291. The molecule has 2 N–H and O–H groups in total. The molecule has 0 unspecified atom stereocenters. The number of nitrogen functional groups attached to an aromatic ring is 1. The standard InChI is InChI=1S/C21H24O4.C11H15NO2.C8H7NO2.C4H8O/c1-15(21(23)25-3)12-16-4-6-17(7-5-16)13-19(22)14-18-8-10-20(24-2)11-9-18;1-8(11(13)14-2)7-9-3-5-10(12)6-4-9;1-10-7-2-4-8(5-3-7)11-6-9;1-2-4-5-3-1/h4-11,15H,12-14H2,1-3H3;3-6,8H,7,12H2,1-2H3;2-5H,1H3;1-4H2/t15-;8-;;/m11../s1. The van der Waals surface area contributed by atoms with Crippen molar-refractivity contribution < 1.29 is 42.8 Å². The average Bonchev–Trinajstić information content (AvgIpc) is 3.81. The number of nitriles is 1. The van der Waals surface area contributed by atoms with Crippen LogP contribution in [0.2, 0.25) is 0 Å². The van der Waals surface area contributed by atoms with Crippen LogP contribution in [0.1, 0.15) is 48.9 Å². The number of esters is 2. The number of hydrogen-bond acceptors (Lipinski definition) is 11. The maximum absolute atomic E-state index is 12.2. The highest BCUT2D eigenvalue weighted by Crippen LogP contribution is 2.17. The van der Waals surface area contributed by atoms with Gasteiger partial charge in [-0.05, 0) is 96.5 Å². The molecule has 0 spiro atoms. The molecule has 0 aliphatic carbocycles. The number of ether oxygens (including phenoxy) is 6. The number of carbonyl (C=O) groups is 3. The number of nitrogens with two attached hydrogens (primary N) is 1. The van der Waals surface area contributed by atoms with Gasteiger partial charge in [-0.3, -0.25) is 14.4 Å². The molecular formula is C44H54N2O9. The van der Waals surface area contributed by atoms with Crippen LogP contribution < -0.4 is 19.9 Å². The number of methoxy groups -OCH3 is 4. The quantitative estimate of drug-likeness (QED) is 0.0826. The molecule has 0 aromatic heterocycles. The van der Waals surface area contributed by atoms with Crippen LogP contribution >= 0.6 is 0 Å². The van der Waals surface area contributed by atoms with Crippen LogP contribution in [-0.4, -0.2) is 59.4 Å². The Labute approximate surface area is 325 Å². The number of carbonyl (C=O) groups excluding carboxylic acids is 3. The van der Waals surface area contributed by atoms with Crippen molar-refractivity contribution in [3.63, 3.8) is 0 Å². The minimum absolute atomic E-state index is 0.108. The van der Waals surface area contributed by atoms with Crippen molar-refractivity contribution >= 4 is 23.4 Å². The second kappa shape index (κ2) is 26.0. The van der Waals surface area contributed by atoms with E-state index in [0.717, 1.165) is 52.7 Å². The van der Waals surface area contributed by atoms with Crippen molar-refractivity contribution in [3.05, 3.63) is 119 Å². The van der Waals surface area contributed by atoms with Crippen molar-refractivity contribution in [2.24, 2.45) is 11.8 Å². The summed E-state index contributed by atoms with van der Waals surface area (Å²) in [5, 5.41) is 8.14. The molecule has 0 radical (unpaired) electrons. The Bertz CT molecular complexity index is 1720. The summed E-state index contributed by atoms with van der Waals surface area (Å²) >= 11 is 0. The fraction of sp³-hybridized carbons (Fsp3) is 0.364. The molecule has 11 nitrogen and oxygen atoms in total. The molecule has 4 aromatic carbocycles. The van der Waals surface area contributed by atoms with Gasteiger partial charge in [-0.2, -0.15) is 0 Å². The molecule has 1 fully saturated rings. The predicted octanol–water partition coefficient (Wildman–Crippen LogP) is 7.37. The molecular weight excluding hydrogens is 700 g/mol. The third-order valence-corrected chi connectivity index (χ3v) is 8.31. The van der Waals surface area contributed by atoms with E-state index < -0.39 is 0 Å². The number of ketones is 1. The summed E-state index contributed by atoms with van der Waals surface area (Å²) in [5.74, 6) is 1.55. The van der Waals surface area contributed by atoms with Crippen LogP contribution in [0.25, 0.3) is 0 Å². The molecule has 0 bridgehead atoms. The van der Waals surface area contributed by atoms with Crippen LogP contribution in [0.15, 0.2) is 97.1 Å². The average molecular weight is 755 g/mol. The summed E-state index contributed by atoms with van der Waals surface area (Å²) < 4.78 is 28.9. The van der Waals surface area contributed by atoms with Gasteiger partial charge >= 0.3 is 11.9 Å². The molecule has 294 valence electrons. The summed E-state index contributed by atoms with van der Waals surface area (Å²) in [4.78, 5) is 34.8. The zero-order chi connectivity index (χ0) is 40.4. The fourth-order valence-electron chi connectivity index (χ4n) is 5.19. The minimum Gasteiger partial charge on any atom is -0.497 e. The lowest BCUT2D eigenvalue weighted by Gasteiger charge is -2.09. The number of nitrogens with zero attached hydrogens (tertiary/aromatic N) is 1. The number of Topliss-reactive ketones (excluding diaryl/α,β-unsaturated/α-hetero) is 1. The Morgan fingerprint density at radius 1 is 0.618 bits per heavy atom. The van der Waals surface area contributed by atoms with Crippen LogP contribution in [0.4, 0.5) is 5.69 Å². The van der Waals surface area contributed by atoms with E-state index >= 15 is 0 Å². The van der Waals surface area contributed by atoms with Gasteiger partial charge < -0.3 is 34.2 Å². The highest BCUT2D eigenvalue weighted by Gasteiger charge is 2.14. The summed E-state index contributed by atoms with van der Waals surface area (Å²) in [6, 6.07) is 29.7. The third kappa shape index (κ3) is 18.6. The van der Waals surface area contributed by atoms with Crippen LogP contribution in [0, 0.1) is 23.4 Å². The zero-order valence-corrected chi connectivity index (χ0v) is 32.7. The van der Waals surface area contributed by atoms with E-state index in [9.17, 15) is 14.4 Å². The molecule has 5 rings (SSSR count). The SMILES string of the molecule is C1CCOC1.COC(=O)[C@H](C)Cc1ccc(CC(=O)Cc2ccc(OC)cc2)cc1.COC(=O)[C@H](C)Cc1ccc(N)cc1.COc1ccc(OC#N)cc1. The Morgan fingerprint density at radius 3 is 1.35 bits per heavy atom. The van der Waals surface area contributed by atoms with E-state index in [4.69, 9.17) is 29.9 Å². The number of benzene rings is 4. The van der Waals surface area contributed by atoms with Crippen molar-refractivity contribution in [2.45, 2.75) is 52.4 Å². The van der Waals surface area contributed by atoms with E-state index in [-0.39, 0.29) is 29.6 Å². The van der Waals surface area contributed by atoms with Gasteiger partial charge in [-0.25, -0.2) is 0 Å². The Kier molecular flexibility index (Phi) is 21.4. The second-order valence-corrected chi connectivity index (χ2v) is 12.7. The monoisotopic (exact) mass is 754 g/mol. The predicted molar refractivity (Wildman–Crippen MR) is 212 cm³/mol. The zero-order valence-electron chi connectivity index (χ0n) is 32.7. The highest BCUT2D eigenvalue weighted by molar-refractivity contribution is 5.83. The lowest BCUT2D eigenvalue weighted by Crippen LogP contribution is -2.15. The molecule has 0 amide bonds. The highest BCUT2D eigenvalue weighted by atomic mass is 16.5. The largest absolute Gasteiger partial charge is 0.497 e. The van der Waals surface area contributed by atoms with E-state index in [1.165, 1.54) is 27.1 Å². The minimum atomic E-state index is -0.209. The molecule has 1 aliphatic rings. The Morgan fingerprint density at radius 2 is 0.982 bits per heavy atom. The lowest BCUT2D eigenvalue weighted by molar-refractivity contribution is -0.145. The normalized spacial score (nSPS) is 12.2. The van der Waals surface area contributed by atoms with E-state index in [0.29, 0.717) is 31.4 Å². The molecule has 0 saturated carbocycles. The van der Waals surface area contributed by atoms with Crippen molar-refractivity contribution in [2.75, 3.05) is 47.4 Å². The van der Waals surface area contributed by atoms with Gasteiger partial charge in [0.1, 0.15) is 23.0 Å². The first-order valence-electron chi connectivity index (χ1n) is 18.0. The van der Waals surface area contributed by atoms with E-state index in [1.54, 1.807) is 44.7 Å². The van der Waals surface area contributed by atoms with Gasteiger partial charge in [-0.1, -0.05) is 62.4 Å². The molecule has 1 saturated heterocycles. The molecule has 11 heteroatoms. The van der Waals surface area contributed by atoms with Crippen molar-refractivity contribution in [1.82, 2.24) is 0 Å². The van der Waals surface area contributed by atoms with Crippen LogP contribution in [-0.2, 0) is 54.3 Å². The number of hydrogen-bond donors (Lipinski definition) is 1. The van der Waals surface area contributed by atoms with Gasteiger partial charge in [0.2, 0.25) is 0 Å². The first-order chi connectivity index (χ1) is 26.5. The van der Waals surface area contributed by atoms with Gasteiger partial charge in [0.15, 0.2) is 0 Å². The van der Waals surface area contributed by atoms with Crippen molar-refractivity contribution in [1.29, 1.82) is 5.26 Å². The molecule has 2 atom stereocenters. The van der Waals surface area contributed by atoms with Gasteiger partial charge in [-0.15, -0.1) is 5.26 Å². The third-order valence-electron chi connectivity index (χ3n) is 8.31. The lowest BCUT2D eigenvalue weighted by atomic mass is 9.98. The maximum Gasteiger partial charge on any atom is 0.308 e. The molecule has 55 heavy (non-hydrogen) atoms. The van der Waals surface area contributed by atoms with E-state index in [1.807, 2.05) is 86.6 Å². The molecule has 4 aromatic rings. The molecule has 1 aliphatic heterocycles. The summed E-state index contributed by atoms with van der Waals surface area (Å²) in [5.41, 5.74) is 10.4. The Hall–Kier alpha value is -5.86. The summed E-state index contributed by atoms with van der Waals surface area (Å²) in [7, 11) is 6.01. The first kappa shape index (κ1) is 45.3. The van der Waals surface area contributed by atoms with Crippen LogP contribution in [0.3, 0.4) is 0 Å². The smallest absolute Gasteiger partial charge is 0.308 e. The van der Waals surface area contributed by atoms with Gasteiger partial charge in [0.25, 0.3) is 6.26 Å². The summed E-state index contributed by atoms with van der Waals surface area (Å²) in [6.07, 6.45) is 6.26. The first-order valence-corrected chi connectivity index (χ1v) is 18.0. The number of rotatable bonds is 13. The van der Waals surface area contributed by atoms with E-state index in [2.05, 4.69) is 9.47 Å². The van der Waals surface area contributed by atoms with Crippen LogP contribution in [0.5, 0.6) is 17.2 Å². The van der Waals surface area contributed by atoms with Gasteiger partial charge in [0.05, 0.1) is 40.3 Å². The van der Waals surface area contributed by atoms with Gasteiger partial charge in [0, 0.05) is 31.7 Å². The second-order valence-electron chi connectivity index (χ2n) is 12.7. The fourth-order valence-corrected chi connectivity index (χ4v) is 5.19. The number of anilines is 1.